The maximum Gasteiger partial charge on any atom is 0.220 e. The molecule has 1 atom stereocenters. The zero-order valence-electron chi connectivity index (χ0n) is 11.8. The van der Waals surface area contributed by atoms with Crippen molar-refractivity contribution in [1.82, 2.24) is 10.3 Å². The Balaban J connectivity index is 1.91. The largest absolute Gasteiger partial charge is 0.369 e. The molecule has 0 bridgehead atoms. The number of carbonyl (C=O) groups excluding carboxylic acids is 1. The fraction of sp³-hybridized carbons (Fsp3) is 0.600. The molecule has 1 heterocycles. The third-order valence-corrected chi connectivity index (χ3v) is 4.08. The number of amides is 1. The van der Waals surface area contributed by atoms with Gasteiger partial charge >= 0.3 is 0 Å². The van der Waals surface area contributed by atoms with E-state index in [0.29, 0.717) is 6.04 Å². The molecule has 3 N–H and O–H groups in total. The third-order valence-electron chi connectivity index (χ3n) is 4.08. The number of carbonyl (C=O) groups is 1. The summed E-state index contributed by atoms with van der Waals surface area (Å²) in [5.74, 6) is -0.474. The lowest BCUT2D eigenvalue weighted by molar-refractivity contribution is -0.122. The van der Waals surface area contributed by atoms with Crippen LogP contribution in [0.2, 0.25) is 0 Å². The highest BCUT2D eigenvalue weighted by Gasteiger charge is 2.26. The summed E-state index contributed by atoms with van der Waals surface area (Å²) >= 11 is 0. The van der Waals surface area contributed by atoms with Crippen LogP contribution in [0.3, 0.4) is 0 Å². The second-order valence-corrected chi connectivity index (χ2v) is 5.48. The highest BCUT2D eigenvalue weighted by Crippen LogP contribution is 2.26. The molecule has 110 valence electrons. The molecule has 1 amide bonds. The van der Waals surface area contributed by atoms with Crippen LogP contribution in [0.25, 0.3) is 0 Å². The van der Waals surface area contributed by atoms with Crippen molar-refractivity contribution in [3.63, 3.8) is 0 Å². The van der Waals surface area contributed by atoms with Crippen LogP contribution in [0, 0.1) is 11.7 Å². The van der Waals surface area contributed by atoms with Crippen molar-refractivity contribution >= 4 is 5.91 Å². The molecule has 0 aliphatic heterocycles. The summed E-state index contributed by atoms with van der Waals surface area (Å²) < 4.78 is 12.9. The lowest BCUT2D eigenvalue weighted by Crippen LogP contribution is -2.38. The second-order valence-electron chi connectivity index (χ2n) is 5.48. The number of nitrogens with zero attached hydrogens (tertiary/aromatic N) is 1. The number of pyridine rings is 1. The van der Waals surface area contributed by atoms with Gasteiger partial charge in [0.1, 0.15) is 5.82 Å². The molecule has 4 nitrogen and oxygen atoms in total. The highest BCUT2D eigenvalue weighted by atomic mass is 19.1. The van der Waals surface area contributed by atoms with E-state index in [4.69, 9.17) is 5.73 Å². The SMILES string of the molecule is CCC(NC1CCC(C(N)=O)CC1)c1ccc(F)cn1. The van der Waals surface area contributed by atoms with Gasteiger partial charge in [0.05, 0.1) is 11.9 Å². The molecule has 2 rings (SSSR count). The molecule has 1 aliphatic rings. The van der Waals surface area contributed by atoms with E-state index >= 15 is 0 Å². The van der Waals surface area contributed by atoms with E-state index in [0.717, 1.165) is 37.8 Å². The van der Waals surface area contributed by atoms with E-state index in [1.165, 1.54) is 12.3 Å². The van der Waals surface area contributed by atoms with Crippen LogP contribution in [0.5, 0.6) is 0 Å². The highest BCUT2D eigenvalue weighted by molar-refractivity contribution is 5.76. The predicted molar refractivity (Wildman–Crippen MR) is 75.3 cm³/mol. The van der Waals surface area contributed by atoms with Gasteiger partial charge in [0.2, 0.25) is 5.91 Å². The number of nitrogens with two attached hydrogens (primary N) is 1. The van der Waals surface area contributed by atoms with Gasteiger partial charge in [-0.3, -0.25) is 9.78 Å². The Kier molecular flexibility index (Phi) is 5.06. The van der Waals surface area contributed by atoms with Gasteiger partial charge < -0.3 is 11.1 Å². The third kappa shape index (κ3) is 3.76. The van der Waals surface area contributed by atoms with Crippen molar-refractivity contribution in [2.24, 2.45) is 11.7 Å². The van der Waals surface area contributed by atoms with Crippen molar-refractivity contribution in [2.75, 3.05) is 0 Å². The van der Waals surface area contributed by atoms with Gasteiger partial charge in [-0.2, -0.15) is 0 Å². The van der Waals surface area contributed by atoms with Gasteiger partial charge in [-0.05, 0) is 44.2 Å². The van der Waals surface area contributed by atoms with E-state index < -0.39 is 0 Å². The van der Waals surface area contributed by atoms with Gasteiger partial charge in [0.15, 0.2) is 0 Å². The summed E-state index contributed by atoms with van der Waals surface area (Å²) in [6, 6.07) is 3.68. The van der Waals surface area contributed by atoms with E-state index in [9.17, 15) is 9.18 Å². The average Bonchev–Trinajstić information content (AvgIpc) is 2.46. The van der Waals surface area contributed by atoms with Crippen LogP contribution in [0.1, 0.15) is 50.8 Å². The molecular formula is C15H22FN3O. The first-order chi connectivity index (χ1) is 9.60. The molecule has 20 heavy (non-hydrogen) atoms. The summed E-state index contributed by atoms with van der Waals surface area (Å²) in [5.41, 5.74) is 6.21. The van der Waals surface area contributed by atoms with E-state index in [1.54, 1.807) is 6.07 Å². The predicted octanol–water partition coefficient (Wildman–Crippen LogP) is 2.31. The summed E-state index contributed by atoms with van der Waals surface area (Å²) in [6.45, 7) is 2.08. The lowest BCUT2D eigenvalue weighted by Gasteiger charge is -2.30. The summed E-state index contributed by atoms with van der Waals surface area (Å²) in [6.07, 6.45) is 5.75. The second kappa shape index (κ2) is 6.79. The molecule has 1 aromatic rings. The van der Waals surface area contributed by atoms with Gasteiger partial charge in [-0.15, -0.1) is 0 Å². The van der Waals surface area contributed by atoms with E-state index in [2.05, 4.69) is 17.2 Å². The zero-order valence-corrected chi connectivity index (χ0v) is 11.8. The fourth-order valence-electron chi connectivity index (χ4n) is 2.83. The number of rotatable bonds is 5. The quantitative estimate of drug-likeness (QED) is 0.869. The minimum absolute atomic E-state index is 0.0251. The molecule has 1 aliphatic carbocycles. The Morgan fingerprint density at radius 2 is 2.15 bits per heavy atom. The lowest BCUT2D eigenvalue weighted by atomic mass is 9.85. The van der Waals surface area contributed by atoms with Crippen LogP contribution in [-0.2, 0) is 4.79 Å². The fourth-order valence-corrected chi connectivity index (χ4v) is 2.83. The Labute approximate surface area is 119 Å². The van der Waals surface area contributed by atoms with Crippen LogP contribution in [0.4, 0.5) is 4.39 Å². The summed E-state index contributed by atoms with van der Waals surface area (Å²) in [4.78, 5) is 15.3. The van der Waals surface area contributed by atoms with Crippen molar-refractivity contribution in [3.05, 3.63) is 29.8 Å². The minimum atomic E-state index is -0.314. The number of halogens is 1. The maximum atomic E-state index is 12.9. The molecule has 5 heteroatoms. The normalized spacial score (nSPS) is 24.3. The van der Waals surface area contributed by atoms with Crippen molar-refractivity contribution in [3.8, 4) is 0 Å². The topological polar surface area (TPSA) is 68.0 Å². The smallest absolute Gasteiger partial charge is 0.220 e. The number of hydrogen-bond acceptors (Lipinski definition) is 3. The van der Waals surface area contributed by atoms with Gasteiger partial charge in [0.25, 0.3) is 0 Å². The maximum absolute atomic E-state index is 12.9. The number of hydrogen-bond donors (Lipinski definition) is 2. The number of nitrogens with one attached hydrogen (secondary N) is 1. The van der Waals surface area contributed by atoms with Crippen LogP contribution >= 0.6 is 0 Å². The van der Waals surface area contributed by atoms with Crippen molar-refractivity contribution < 1.29 is 9.18 Å². The molecule has 1 saturated carbocycles. The molecule has 0 spiro atoms. The molecule has 1 aromatic heterocycles. The average molecular weight is 279 g/mol. The van der Waals surface area contributed by atoms with Crippen molar-refractivity contribution in [2.45, 2.75) is 51.1 Å². The molecule has 0 radical (unpaired) electrons. The zero-order chi connectivity index (χ0) is 14.5. The number of aromatic nitrogens is 1. The van der Waals surface area contributed by atoms with Crippen LogP contribution in [0.15, 0.2) is 18.3 Å². The van der Waals surface area contributed by atoms with E-state index in [1.807, 2.05) is 0 Å². The van der Waals surface area contributed by atoms with Crippen LogP contribution < -0.4 is 11.1 Å². The standard InChI is InChI=1S/C15H22FN3O/c1-2-13(14-8-5-11(16)9-18-14)19-12-6-3-10(4-7-12)15(17)20/h5,8-10,12-13,19H,2-4,6-7H2,1H3,(H2,17,20). The van der Waals surface area contributed by atoms with Gasteiger partial charge in [-0.25, -0.2) is 4.39 Å². The first kappa shape index (κ1) is 14.9. The number of primary amides is 1. The molecule has 0 aromatic carbocycles. The van der Waals surface area contributed by atoms with Crippen LogP contribution in [-0.4, -0.2) is 16.9 Å². The summed E-state index contributed by atoms with van der Waals surface area (Å²) in [7, 11) is 0. The summed E-state index contributed by atoms with van der Waals surface area (Å²) in [5, 5.41) is 3.56. The van der Waals surface area contributed by atoms with E-state index in [-0.39, 0.29) is 23.7 Å². The monoisotopic (exact) mass is 279 g/mol. The Hall–Kier alpha value is -1.49. The Morgan fingerprint density at radius 3 is 2.65 bits per heavy atom. The first-order valence-electron chi connectivity index (χ1n) is 7.27. The van der Waals surface area contributed by atoms with Gasteiger partial charge in [-0.1, -0.05) is 6.92 Å². The molecular weight excluding hydrogens is 257 g/mol. The Morgan fingerprint density at radius 1 is 1.45 bits per heavy atom. The minimum Gasteiger partial charge on any atom is -0.369 e. The first-order valence-corrected chi connectivity index (χ1v) is 7.27. The Bertz CT molecular complexity index is 441. The molecule has 0 saturated heterocycles. The van der Waals surface area contributed by atoms with Gasteiger partial charge in [0, 0.05) is 18.0 Å². The van der Waals surface area contributed by atoms with Crippen molar-refractivity contribution in [1.29, 1.82) is 0 Å². The molecule has 1 unspecified atom stereocenters. The molecule has 1 fully saturated rings.